The number of carboxylic acids is 1. The van der Waals surface area contributed by atoms with Crippen molar-refractivity contribution in [2.45, 2.75) is 25.7 Å². The van der Waals surface area contributed by atoms with Gasteiger partial charge in [-0.2, -0.15) is 0 Å². The highest BCUT2D eigenvalue weighted by atomic mass is 16.4. The highest BCUT2D eigenvalue weighted by Gasteiger charge is 2.30. The van der Waals surface area contributed by atoms with Gasteiger partial charge in [-0.05, 0) is 24.8 Å². The average Bonchev–Trinajstić information content (AvgIpc) is 2.75. The van der Waals surface area contributed by atoms with Crippen LogP contribution in [0.15, 0.2) is 0 Å². The molecule has 0 spiro atoms. The Morgan fingerprint density at radius 3 is 2.54 bits per heavy atom. The lowest BCUT2D eigenvalue weighted by Crippen LogP contribution is -2.47. The van der Waals surface area contributed by atoms with Crippen LogP contribution < -0.4 is 0 Å². The Labute approximate surface area is 78.7 Å². The Balaban J connectivity index is 1.53. The minimum Gasteiger partial charge on any atom is -0.481 e. The van der Waals surface area contributed by atoms with Gasteiger partial charge in [0.15, 0.2) is 0 Å². The molecule has 74 valence electrons. The topological polar surface area (TPSA) is 40.5 Å². The Bertz CT molecular complexity index is 195. The van der Waals surface area contributed by atoms with Crippen molar-refractivity contribution in [3.05, 3.63) is 0 Å². The molecule has 2 aliphatic rings. The van der Waals surface area contributed by atoms with Crippen LogP contribution in [-0.4, -0.2) is 35.6 Å². The van der Waals surface area contributed by atoms with Crippen molar-refractivity contribution < 1.29 is 9.90 Å². The molecule has 2 fully saturated rings. The van der Waals surface area contributed by atoms with Crippen molar-refractivity contribution in [1.29, 1.82) is 0 Å². The first kappa shape index (κ1) is 9.00. The molecule has 1 aliphatic heterocycles. The lowest BCUT2D eigenvalue weighted by Gasteiger charge is -2.38. The van der Waals surface area contributed by atoms with Gasteiger partial charge in [-0.3, -0.25) is 4.79 Å². The van der Waals surface area contributed by atoms with Crippen molar-refractivity contribution in [2.75, 3.05) is 19.6 Å². The molecule has 2 rings (SSSR count). The molecule has 1 saturated heterocycles. The summed E-state index contributed by atoms with van der Waals surface area (Å²) in [6.45, 7) is 3.22. The summed E-state index contributed by atoms with van der Waals surface area (Å²) in [6.07, 6.45) is 4.54. The van der Waals surface area contributed by atoms with Gasteiger partial charge in [-0.25, -0.2) is 0 Å². The highest BCUT2D eigenvalue weighted by Crippen LogP contribution is 2.33. The molecule has 0 aromatic heterocycles. The molecular formula is C10H17NO2. The van der Waals surface area contributed by atoms with E-state index in [1.807, 2.05) is 0 Å². The molecule has 0 unspecified atom stereocenters. The third-order valence-corrected chi connectivity index (χ3v) is 3.05. The summed E-state index contributed by atoms with van der Waals surface area (Å²) in [5, 5.41) is 8.54. The number of rotatable bonds is 5. The molecule has 0 atom stereocenters. The lowest BCUT2D eigenvalue weighted by molar-refractivity contribution is -0.139. The molecule has 0 radical (unpaired) electrons. The van der Waals surface area contributed by atoms with Crippen LogP contribution in [0.25, 0.3) is 0 Å². The van der Waals surface area contributed by atoms with Crippen LogP contribution in [0.3, 0.4) is 0 Å². The maximum atomic E-state index is 10.4. The molecule has 1 N–H and O–H groups in total. The normalized spacial score (nSPS) is 24.3. The van der Waals surface area contributed by atoms with Gasteiger partial charge in [-0.15, -0.1) is 0 Å². The summed E-state index contributed by atoms with van der Waals surface area (Å²) < 4.78 is 0. The smallest absolute Gasteiger partial charge is 0.303 e. The van der Waals surface area contributed by atoms with E-state index in [1.54, 1.807) is 0 Å². The summed E-state index contributed by atoms with van der Waals surface area (Å²) in [6, 6.07) is 0. The van der Waals surface area contributed by atoms with Gasteiger partial charge in [0.2, 0.25) is 0 Å². The zero-order valence-electron chi connectivity index (χ0n) is 7.91. The predicted octanol–water partition coefficient (Wildman–Crippen LogP) is 1.19. The quantitative estimate of drug-likeness (QED) is 0.696. The van der Waals surface area contributed by atoms with Crippen LogP contribution in [0.5, 0.6) is 0 Å². The van der Waals surface area contributed by atoms with Crippen LogP contribution in [0, 0.1) is 11.8 Å². The summed E-state index contributed by atoms with van der Waals surface area (Å²) in [5.74, 6) is 0.780. The van der Waals surface area contributed by atoms with E-state index in [4.69, 9.17) is 5.11 Å². The second-order valence-electron chi connectivity index (χ2n) is 4.46. The fraction of sp³-hybridized carbons (Fsp3) is 0.900. The van der Waals surface area contributed by atoms with Gasteiger partial charge < -0.3 is 10.0 Å². The van der Waals surface area contributed by atoms with Crippen molar-refractivity contribution in [3.8, 4) is 0 Å². The molecule has 1 saturated carbocycles. The van der Waals surface area contributed by atoms with E-state index in [2.05, 4.69) is 4.90 Å². The summed E-state index contributed by atoms with van der Waals surface area (Å²) in [7, 11) is 0. The maximum absolute atomic E-state index is 10.4. The molecular weight excluding hydrogens is 166 g/mol. The number of carbonyl (C=O) groups is 1. The highest BCUT2D eigenvalue weighted by molar-refractivity contribution is 5.67. The molecule has 13 heavy (non-hydrogen) atoms. The van der Waals surface area contributed by atoms with E-state index in [9.17, 15) is 4.79 Å². The third-order valence-electron chi connectivity index (χ3n) is 3.05. The lowest BCUT2D eigenvalue weighted by atomic mass is 9.96. The fourth-order valence-electron chi connectivity index (χ4n) is 2.01. The first-order valence-corrected chi connectivity index (χ1v) is 5.18. The SMILES string of the molecule is O=C(O)CC1CN(CCC2CC2)C1. The zero-order valence-corrected chi connectivity index (χ0v) is 7.91. The van der Waals surface area contributed by atoms with Crippen LogP contribution in [0.1, 0.15) is 25.7 Å². The summed E-state index contributed by atoms with van der Waals surface area (Å²) >= 11 is 0. The van der Waals surface area contributed by atoms with E-state index < -0.39 is 5.97 Å². The van der Waals surface area contributed by atoms with Gasteiger partial charge in [0.25, 0.3) is 0 Å². The molecule has 3 nitrogen and oxygen atoms in total. The molecule has 3 heteroatoms. The van der Waals surface area contributed by atoms with Crippen molar-refractivity contribution >= 4 is 5.97 Å². The van der Waals surface area contributed by atoms with E-state index in [0.717, 1.165) is 19.0 Å². The summed E-state index contributed by atoms with van der Waals surface area (Å²) in [5.41, 5.74) is 0. The van der Waals surface area contributed by atoms with Gasteiger partial charge in [0.05, 0.1) is 6.42 Å². The van der Waals surface area contributed by atoms with Gasteiger partial charge in [0.1, 0.15) is 0 Å². The maximum Gasteiger partial charge on any atom is 0.303 e. The molecule has 0 bridgehead atoms. The van der Waals surface area contributed by atoms with Crippen molar-refractivity contribution in [1.82, 2.24) is 4.90 Å². The Morgan fingerprint density at radius 2 is 2.00 bits per heavy atom. The summed E-state index contributed by atoms with van der Waals surface area (Å²) in [4.78, 5) is 12.7. The first-order valence-electron chi connectivity index (χ1n) is 5.18. The number of hydrogen-bond donors (Lipinski definition) is 1. The van der Waals surface area contributed by atoms with E-state index in [0.29, 0.717) is 12.3 Å². The number of hydrogen-bond acceptors (Lipinski definition) is 2. The van der Waals surface area contributed by atoms with Crippen LogP contribution >= 0.6 is 0 Å². The minimum absolute atomic E-state index is 0.361. The standard InChI is InChI=1S/C10H17NO2/c12-10(13)5-9-6-11(7-9)4-3-8-1-2-8/h8-9H,1-7H2,(H,12,13). The molecule has 1 heterocycles. The average molecular weight is 183 g/mol. The Hall–Kier alpha value is -0.570. The van der Waals surface area contributed by atoms with E-state index in [-0.39, 0.29) is 0 Å². The van der Waals surface area contributed by atoms with Crippen LogP contribution in [0.4, 0.5) is 0 Å². The number of aliphatic carboxylic acids is 1. The number of nitrogens with zero attached hydrogens (tertiary/aromatic N) is 1. The Morgan fingerprint density at radius 1 is 1.31 bits per heavy atom. The molecule has 1 aliphatic carbocycles. The zero-order chi connectivity index (χ0) is 9.26. The fourth-order valence-corrected chi connectivity index (χ4v) is 2.01. The first-order chi connectivity index (χ1) is 6.24. The second-order valence-corrected chi connectivity index (χ2v) is 4.46. The van der Waals surface area contributed by atoms with Gasteiger partial charge >= 0.3 is 5.97 Å². The second kappa shape index (κ2) is 3.66. The number of carboxylic acid groups (broad SMARTS) is 1. The van der Waals surface area contributed by atoms with E-state index >= 15 is 0 Å². The van der Waals surface area contributed by atoms with E-state index in [1.165, 1.54) is 25.8 Å². The van der Waals surface area contributed by atoms with Crippen LogP contribution in [0.2, 0.25) is 0 Å². The largest absolute Gasteiger partial charge is 0.481 e. The Kier molecular flexibility index (Phi) is 2.54. The van der Waals surface area contributed by atoms with Crippen molar-refractivity contribution in [2.24, 2.45) is 11.8 Å². The van der Waals surface area contributed by atoms with Gasteiger partial charge in [0, 0.05) is 13.1 Å². The molecule has 0 amide bonds. The minimum atomic E-state index is -0.646. The number of likely N-dealkylation sites (tertiary alicyclic amines) is 1. The monoisotopic (exact) mass is 183 g/mol. The predicted molar refractivity (Wildman–Crippen MR) is 49.5 cm³/mol. The van der Waals surface area contributed by atoms with Gasteiger partial charge in [-0.1, -0.05) is 12.8 Å². The molecule has 0 aromatic rings. The third kappa shape index (κ3) is 2.69. The van der Waals surface area contributed by atoms with Crippen molar-refractivity contribution in [3.63, 3.8) is 0 Å². The molecule has 0 aromatic carbocycles. The van der Waals surface area contributed by atoms with Crippen LogP contribution in [-0.2, 0) is 4.79 Å².